The molecule has 1 rings (SSSR count). The molecule has 0 atom stereocenters. The summed E-state index contributed by atoms with van der Waals surface area (Å²) in [7, 11) is 1.33. The molecule has 1 aromatic carbocycles. The summed E-state index contributed by atoms with van der Waals surface area (Å²) in [5, 5.41) is 3.05. The van der Waals surface area contributed by atoms with Crippen LogP contribution in [0.1, 0.15) is 6.92 Å². The van der Waals surface area contributed by atoms with Crippen molar-refractivity contribution in [3.05, 3.63) is 23.2 Å². The van der Waals surface area contributed by atoms with Crippen LogP contribution in [0.15, 0.2) is 23.1 Å². The lowest BCUT2D eigenvalue weighted by Gasteiger charge is -2.07. The average molecular weight is 289 g/mol. The Morgan fingerprint density at radius 2 is 2.17 bits per heavy atom. The van der Waals surface area contributed by atoms with Gasteiger partial charge in [0.05, 0.1) is 17.8 Å². The first-order chi connectivity index (χ1) is 8.52. The van der Waals surface area contributed by atoms with Crippen LogP contribution in [0.5, 0.6) is 0 Å². The molecule has 0 bridgehead atoms. The van der Waals surface area contributed by atoms with Gasteiger partial charge >= 0.3 is 5.97 Å². The molecule has 0 heterocycles. The Labute approximate surface area is 114 Å². The molecular weight excluding hydrogens is 276 g/mol. The van der Waals surface area contributed by atoms with Crippen LogP contribution in [0.25, 0.3) is 0 Å². The van der Waals surface area contributed by atoms with Crippen LogP contribution in [0, 0.1) is 0 Å². The Bertz CT molecular complexity index is 454. The summed E-state index contributed by atoms with van der Waals surface area (Å²) in [5.41, 5.74) is 0.557. The minimum atomic E-state index is -0.344. The molecule has 0 aliphatic heterocycles. The normalized spacial score (nSPS) is 9.94. The van der Waals surface area contributed by atoms with E-state index in [0.29, 0.717) is 10.7 Å². The predicted molar refractivity (Wildman–Crippen MR) is 71.6 cm³/mol. The lowest BCUT2D eigenvalue weighted by Crippen LogP contribution is -2.17. The Morgan fingerprint density at radius 1 is 1.44 bits per heavy atom. The van der Waals surface area contributed by atoms with Crippen LogP contribution >= 0.6 is 23.5 Å². The van der Waals surface area contributed by atoms with Crippen molar-refractivity contribution in [1.29, 1.82) is 0 Å². The Hall–Kier alpha value is -1.24. The van der Waals surface area contributed by atoms with Gasteiger partial charge in [-0.3, -0.25) is 9.59 Å². The van der Waals surface area contributed by atoms with Gasteiger partial charge < -0.3 is 10.1 Å². The van der Waals surface area contributed by atoms with Gasteiger partial charge in [-0.15, -0.1) is 0 Å². The molecule has 1 aromatic rings. The summed E-state index contributed by atoms with van der Waals surface area (Å²) in [6.07, 6.45) is 0. The molecule has 5 nitrogen and oxygen atoms in total. The lowest BCUT2D eigenvalue weighted by atomic mass is 10.3. The van der Waals surface area contributed by atoms with Gasteiger partial charge in [-0.05, 0) is 30.1 Å². The van der Waals surface area contributed by atoms with Crippen LogP contribution in [-0.4, -0.2) is 25.5 Å². The maximum Gasteiger partial charge on any atom is 0.320 e. The number of ether oxygens (including phenoxy) is 1. The van der Waals surface area contributed by atoms with E-state index < -0.39 is 0 Å². The first-order valence-electron chi connectivity index (χ1n) is 5.06. The van der Waals surface area contributed by atoms with E-state index in [2.05, 4.69) is 14.8 Å². The largest absolute Gasteiger partial charge is 0.468 e. The highest BCUT2D eigenvalue weighted by Crippen LogP contribution is 2.26. The van der Waals surface area contributed by atoms with Gasteiger partial charge in [0.15, 0.2) is 0 Å². The van der Waals surface area contributed by atoms with Crippen LogP contribution in [0.3, 0.4) is 0 Å². The summed E-state index contributed by atoms with van der Waals surface area (Å²) < 4.78 is 7.32. The third kappa shape index (κ3) is 4.95. The molecule has 7 heteroatoms. The van der Waals surface area contributed by atoms with Crippen LogP contribution in [-0.2, 0) is 14.3 Å². The number of nitrogens with one attached hydrogen (secondary N) is 2. The van der Waals surface area contributed by atoms with E-state index in [-0.39, 0.29) is 18.4 Å². The number of hydrogen-bond acceptors (Lipinski definition) is 5. The standard InChI is InChI=1S/C11H13ClN2O3S/c1-7(15)14-10-4-3-8(5-9(10)12)18-13-6-11(16)17-2/h3-5,13H,6H2,1-2H3,(H,14,15). The fourth-order valence-electron chi connectivity index (χ4n) is 1.10. The molecule has 0 aromatic heterocycles. The second kappa shape index (κ2) is 7.25. The second-order valence-electron chi connectivity index (χ2n) is 3.32. The number of benzene rings is 1. The Balaban J connectivity index is 2.56. The summed E-state index contributed by atoms with van der Waals surface area (Å²) >= 11 is 7.25. The lowest BCUT2D eigenvalue weighted by molar-refractivity contribution is -0.139. The Kier molecular flexibility index (Phi) is 5.97. The number of esters is 1. The van der Waals surface area contributed by atoms with Gasteiger partial charge in [-0.25, -0.2) is 4.72 Å². The first-order valence-corrected chi connectivity index (χ1v) is 6.26. The number of rotatable bonds is 5. The van der Waals surface area contributed by atoms with Gasteiger partial charge in [-0.2, -0.15) is 0 Å². The van der Waals surface area contributed by atoms with Gasteiger partial charge in [0, 0.05) is 11.8 Å². The average Bonchev–Trinajstić information content (AvgIpc) is 2.32. The minimum absolute atomic E-state index is 0.103. The summed E-state index contributed by atoms with van der Waals surface area (Å²) in [4.78, 5) is 22.6. The summed E-state index contributed by atoms with van der Waals surface area (Å²) in [6, 6.07) is 5.18. The van der Waals surface area contributed by atoms with E-state index in [9.17, 15) is 9.59 Å². The highest BCUT2D eigenvalue weighted by molar-refractivity contribution is 7.97. The zero-order valence-electron chi connectivity index (χ0n) is 9.95. The van der Waals surface area contributed by atoms with Crippen molar-refractivity contribution in [2.24, 2.45) is 0 Å². The highest BCUT2D eigenvalue weighted by Gasteiger charge is 2.05. The van der Waals surface area contributed by atoms with E-state index in [0.717, 1.165) is 4.90 Å². The molecule has 2 N–H and O–H groups in total. The quantitative estimate of drug-likeness (QED) is 0.641. The van der Waals surface area contributed by atoms with Crippen molar-refractivity contribution in [3.8, 4) is 0 Å². The zero-order valence-corrected chi connectivity index (χ0v) is 11.5. The monoisotopic (exact) mass is 288 g/mol. The van der Waals surface area contributed by atoms with E-state index in [1.807, 2.05) is 0 Å². The van der Waals surface area contributed by atoms with Crippen LogP contribution in [0.4, 0.5) is 5.69 Å². The summed E-state index contributed by atoms with van der Waals surface area (Å²) in [5.74, 6) is -0.524. The molecule has 1 amide bonds. The molecule has 18 heavy (non-hydrogen) atoms. The topological polar surface area (TPSA) is 67.4 Å². The third-order valence-corrected chi connectivity index (χ3v) is 2.98. The van der Waals surface area contributed by atoms with Crippen molar-refractivity contribution >= 4 is 41.1 Å². The number of amides is 1. The van der Waals surface area contributed by atoms with Gasteiger partial charge in [0.1, 0.15) is 6.54 Å². The molecule has 0 aliphatic carbocycles. The summed E-state index contributed by atoms with van der Waals surface area (Å²) in [6.45, 7) is 1.52. The van der Waals surface area contributed by atoms with E-state index in [1.165, 1.54) is 26.0 Å². The van der Waals surface area contributed by atoms with Gasteiger partial charge in [-0.1, -0.05) is 11.6 Å². The maximum absolute atomic E-state index is 10.9. The minimum Gasteiger partial charge on any atom is -0.468 e. The van der Waals surface area contributed by atoms with E-state index in [1.54, 1.807) is 18.2 Å². The van der Waals surface area contributed by atoms with E-state index in [4.69, 9.17) is 11.6 Å². The SMILES string of the molecule is COC(=O)CNSc1ccc(NC(C)=O)c(Cl)c1. The molecule has 0 aliphatic rings. The van der Waals surface area contributed by atoms with Crippen molar-refractivity contribution in [3.63, 3.8) is 0 Å². The zero-order chi connectivity index (χ0) is 13.5. The second-order valence-corrected chi connectivity index (χ2v) is 4.69. The number of hydrogen-bond donors (Lipinski definition) is 2. The molecule has 0 saturated heterocycles. The third-order valence-electron chi connectivity index (χ3n) is 1.89. The molecular formula is C11H13ClN2O3S. The first kappa shape index (κ1) is 14.8. The predicted octanol–water partition coefficient (Wildman–Crippen LogP) is 2.07. The van der Waals surface area contributed by atoms with Crippen molar-refractivity contribution in [2.45, 2.75) is 11.8 Å². The van der Waals surface area contributed by atoms with Crippen LogP contribution in [0.2, 0.25) is 5.02 Å². The number of anilines is 1. The molecule has 0 fully saturated rings. The fourth-order valence-corrected chi connectivity index (χ4v) is 2.06. The number of carbonyl (C=O) groups excluding carboxylic acids is 2. The maximum atomic E-state index is 10.9. The fraction of sp³-hybridized carbons (Fsp3) is 0.273. The molecule has 98 valence electrons. The molecule has 0 unspecified atom stereocenters. The smallest absolute Gasteiger partial charge is 0.320 e. The Morgan fingerprint density at radius 3 is 2.72 bits per heavy atom. The van der Waals surface area contributed by atoms with Gasteiger partial charge in [0.25, 0.3) is 0 Å². The molecule has 0 radical (unpaired) electrons. The number of carbonyl (C=O) groups is 2. The van der Waals surface area contributed by atoms with Crippen molar-refractivity contribution in [2.75, 3.05) is 19.0 Å². The highest BCUT2D eigenvalue weighted by atomic mass is 35.5. The van der Waals surface area contributed by atoms with Gasteiger partial charge in [0.2, 0.25) is 5.91 Å². The molecule has 0 spiro atoms. The molecule has 0 saturated carbocycles. The van der Waals surface area contributed by atoms with Crippen molar-refractivity contribution < 1.29 is 14.3 Å². The number of methoxy groups -OCH3 is 1. The number of halogens is 1. The van der Waals surface area contributed by atoms with Crippen LogP contribution < -0.4 is 10.0 Å². The van der Waals surface area contributed by atoms with E-state index >= 15 is 0 Å². The van der Waals surface area contributed by atoms with Crippen molar-refractivity contribution in [1.82, 2.24) is 4.72 Å².